The average Bonchev–Trinajstić information content (AvgIpc) is 2.26. The quantitative estimate of drug-likeness (QED) is 0.678. The van der Waals surface area contributed by atoms with E-state index in [-0.39, 0.29) is 0 Å². The molecule has 0 saturated carbocycles. The first-order chi connectivity index (χ1) is 7.60. The van der Waals surface area contributed by atoms with Crippen LogP contribution < -0.4 is 16.8 Å². The van der Waals surface area contributed by atoms with Crippen LogP contribution in [0, 0.1) is 6.92 Å². The average molecular weight is 216 g/mol. The van der Waals surface area contributed by atoms with Gasteiger partial charge in [0.25, 0.3) is 0 Å². The molecule has 84 valence electrons. The van der Waals surface area contributed by atoms with Crippen molar-refractivity contribution in [3.63, 3.8) is 0 Å². The molecule has 4 heteroatoms. The van der Waals surface area contributed by atoms with Gasteiger partial charge in [-0.15, -0.1) is 0 Å². The number of aryl methyl sites for hydroxylation is 1. The van der Waals surface area contributed by atoms with E-state index in [9.17, 15) is 0 Å². The van der Waals surface area contributed by atoms with Gasteiger partial charge in [0, 0.05) is 12.6 Å². The third-order valence-electron chi connectivity index (χ3n) is 2.70. The fourth-order valence-electron chi connectivity index (χ4n) is 1.64. The van der Waals surface area contributed by atoms with Gasteiger partial charge in [0.15, 0.2) is 5.66 Å². The molecule has 1 atom stereocenters. The van der Waals surface area contributed by atoms with Crippen LogP contribution in [0.1, 0.15) is 11.1 Å². The molecule has 0 saturated heterocycles. The number of nitrogens with two attached hydrogens (primary N) is 2. The third kappa shape index (κ3) is 2.06. The Bertz CT molecular complexity index is 433. The zero-order valence-electron chi connectivity index (χ0n) is 9.27. The molecule has 1 aliphatic heterocycles. The first kappa shape index (κ1) is 10.7. The molecule has 0 aromatic heterocycles. The minimum Gasteiger partial charge on any atom is -0.398 e. The molecule has 0 aliphatic carbocycles. The highest BCUT2D eigenvalue weighted by Crippen LogP contribution is 2.19. The summed E-state index contributed by atoms with van der Waals surface area (Å²) in [5.41, 5.74) is 14.1. The molecule has 0 spiro atoms. The van der Waals surface area contributed by atoms with Crippen molar-refractivity contribution in [3.05, 3.63) is 47.3 Å². The molecule has 2 rings (SSSR count). The van der Waals surface area contributed by atoms with Gasteiger partial charge in [0.1, 0.15) is 0 Å². The number of nitrogens with one attached hydrogen (secondary N) is 1. The summed E-state index contributed by atoms with van der Waals surface area (Å²) in [7, 11) is 0. The van der Waals surface area contributed by atoms with E-state index in [1.165, 1.54) is 5.56 Å². The molecule has 1 aromatic rings. The Labute approximate surface area is 95.1 Å². The van der Waals surface area contributed by atoms with Crippen molar-refractivity contribution in [1.29, 1.82) is 0 Å². The van der Waals surface area contributed by atoms with Crippen molar-refractivity contribution in [2.75, 3.05) is 0 Å². The molecule has 0 bridgehead atoms. The maximum atomic E-state index is 6.14. The van der Waals surface area contributed by atoms with Crippen molar-refractivity contribution in [2.24, 2.45) is 16.5 Å². The molecule has 4 nitrogen and oxygen atoms in total. The number of hydrogen-bond donors (Lipinski definition) is 3. The fraction of sp³-hybridized carbons (Fsp3) is 0.250. The van der Waals surface area contributed by atoms with Crippen LogP contribution in [0.15, 0.2) is 41.2 Å². The van der Waals surface area contributed by atoms with E-state index in [1.807, 2.05) is 0 Å². The van der Waals surface area contributed by atoms with E-state index in [0.717, 1.165) is 5.56 Å². The molecule has 5 N–H and O–H groups in total. The molecule has 0 radical (unpaired) electrons. The maximum Gasteiger partial charge on any atom is 0.155 e. The van der Waals surface area contributed by atoms with Crippen LogP contribution >= 0.6 is 0 Å². The van der Waals surface area contributed by atoms with Crippen molar-refractivity contribution < 1.29 is 0 Å². The smallest absolute Gasteiger partial charge is 0.155 e. The van der Waals surface area contributed by atoms with E-state index >= 15 is 0 Å². The predicted octanol–water partition coefficient (Wildman–Crippen LogP) is 0.624. The highest BCUT2D eigenvalue weighted by atomic mass is 15.1. The van der Waals surface area contributed by atoms with E-state index < -0.39 is 5.66 Å². The van der Waals surface area contributed by atoms with Crippen molar-refractivity contribution >= 4 is 6.34 Å². The highest BCUT2D eigenvalue weighted by molar-refractivity contribution is 5.60. The normalized spacial score (nSPS) is 23.8. The molecule has 1 heterocycles. The fourth-order valence-corrected chi connectivity index (χ4v) is 1.64. The minimum absolute atomic E-state index is 0.551. The lowest BCUT2D eigenvalue weighted by molar-refractivity contribution is 0.506. The van der Waals surface area contributed by atoms with Crippen LogP contribution in [0.2, 0.25) is 0 Å². The van der Waals surface area contributed by atoms with Gasteiger partial charge in [0.2, 0.25) is 0 Å². The minimum atomic E-state index is -0.819. The van der Waals surface area contributed by atoms with Gasteiger partial charge in [0.05, 0.1) is 12.0 Å². The second-order valence-corrected chi connectivity index (χ2v) is 4.11. The van der Waals surface area contributed by atoms with E-state index in [0.29, 0.717) is 12.1 Å². The summed E-state index contributed by atoms with van der Waals surface area (Å²) in [6.07, 6.45) is 3.86. The van der Waals surface area contributed by atoms with Crippen molar-refractivity contribution in [3.8, 4) is 0 Å². The molecular formula is C12H16N4. The van der Waals surface area contributed by atoms with Crippen LogP contribution in [0.4, 0.5) is 0 Å². The van der Waals surface area contributed by atoms with Crippen LogP contribution in [0.25, 0.3) is 0 Å². The van der Waals surface area contributed by atoms with Gasteiger partial charge in [-0.3, -0.25) is 0 Å². The molecule has 1 aliphatic rings. The van der Waals surface area contributed by atoms with Crippen molar-refractivity contribution in [2.45, 2.75) is 19.0 Å². The molecule has 1 unspecified atom stereocenters. The number of hydrogen-bond acceptors (Lipinski definition) is 4. The number of rotatable bonds is 2. The first-order valence-electron chi connectivity index (χ1n) is 5.20. The molecule has 16 heavy (non-hydrogen) atoms. The van der Waals surface area contributed by atoms with E-state index in [2.05, 4.69) is 41.5 Å². The summed E-state index contributed by atoms with van der Waals surface area (Å²) < 4.78 is 0. The predicted molar refractivity (Wildman–Crippen MR) is 65.7 cm³/mol. The van der Waals surface area contributed by atoms with Gasteiger partial charge in [-0.2, -0.15) is 0 Å². The Kier molecular flexibility index (Phi) is 2.66. The molecule has 0 amide bonds. The standard InChI is InChI=1S/C12H16N4/c1-9-2-4-10(5-3-9)6-12(14)11(13)7-15-8-16-12/h2-5,7-8H,6,13-14H2,1H3,(H,15,16). The Morgan fingerprint density at radius 1 is 1.31 bits per heavy atom. The molecular weight excluding hydrogens is 200 g/mol. The topological polar surface area (TPSA) is 76.4 Å². The van der Waals surface area contributed by atoms with E-state index in [4.69, 9.17) is 11.5 Å². The van der Waals surface area contributed by atoms with Crippen LogP contribution in [0.3, 0.4) is 0 Å². The number of benzene rings is 1. The molecule has 1 aromatic carbocycles. The summed E-state index contributed by atoms with van der Waals surface area (Å²) in [6, 6.07) is 8.22. The van der Waals surface area contributed by atoms with E-state index in [1.54, 1.807) is 12.5 Å². The Hall–Kier alpha value is -1.81. The summed E-state index contributed by atoms with van der Waals surface area (Å²) in [5.74, 6) is 0. The third-order valence-corrected chi connectivity index (χ3v) is 2.70. The summed E-state index contributed by atoms with van der Waals surface area (Å²) in [4.78, 5) is 4.21. The lowest BCUT2D eigenvalue weighted by atomic mass is 9.97. The van der Waals surface area contributed by atoms with Gasteiger partial charge < -0.3 is 16.8 Å². The Balaban J connectivity index is 2.20. The van der Waals surface area contributed by atoms with Gasteiger partial charge in [-0.1, -0.05) is 29.8 Å². The lowest BCUT2D eigenvalue weighted by Crippen LogP contribution is -2.48. The van der Waals surface area contributed by atoms with Crippen LogP contribution in [-0.2, 0) is 6.42 Å². The van der Waals surface area contributed by atoms with Gasteiger partial charge in [-0.05, 0) is 12.5 Å². The Morgan fingerprint density at radius 3 is 2.62 bits per heavy atom. The second-order valence-electron chi connectivity index (χ2n) is 4.11. The van der Waals surface area contributed by atoms with Crippen LogP contribution in [0.5, 0.6) is 0 Å². The zero-order chi connectivity index (χ0) is 11.6. The first-order valence-corrected chi connectivity index (χ1v) is 5.20. The summed E-state index contributed by atoms with van der Waals surface area (Å²) in [6.45, 7) is 2.05. The number of nitrogens with zero attached hydrogens (tertiary/aromatic N) is 1. The zero-order valence-corrected chi connectivity index (χ0v) is 9.27. The monoisotopic (exact) mass is 216 g/mol. The highest BCUT2D eigenvalue weighted by Gasteiger charge is 2.28. The SMILES string of the molecule is Cc1ccc(CC2(N)N=CNC=C2N)cc1. The van der Waals surface area contributed by atoms with Gasteiger partial charge >= 0.3 is 0 Å². The van der Waals surface area contributed by atoms with Gasteiger partial charge in [-0.25, -0.2) is 4.99 Å². The molecule has 0 fully saturated rings. The summed E-state index contributed by atoms with van der Waals surface area (Å²) in [5, 5.41) is 2.83. The largest absolute Gasteiger partial charge is 0.398 e. The summed E-state index contributed by atoms with van der Waals surface area (Å²) >= 11 is 0. The van der Waals surface area contributed by atoms with Crippen molar-refractivity contribution in [1.82, 2.24) is 5.32 Å². The number of aliphatic imine (C=N–C) groups is 1. The second kappa shape index (κ2) is 3.98. The van der Waals surface area contributed by atoms with Crippen LogP contribution in [-0.4, -0.2) is 12.0 Å². The lowest BCUT2D eigenvalue weighted by Gasteiger charge is -2.28. The Morgan fingerprint density at radius 2 is 2.00 bits per heavy atom. The maximum absolute atomic E-state index is 6.14.